The number of rotatable bonds is 7. The summed E-state index contributed by atoms with van der Waals surface area (Å²) in [5.74, 6) is -0.0848. The van der Waals surface area contributed by atoms with E-state index in [1.54, 1.807) is 32.0 Å². The van der Waals surface area contributed by atoms with E-state index in [4.69, 9.17) is 27.9 Å². The maximum absolute atomic E-state index is 12.7. The summed E-state index contributed by atoms with van der Waals surface area (Å²) in [6, 6.07) is 9.28. The molecule has 1 amide bonds. The van der Waals surface area contributed by atoms with Crippen molar-refractivity contribution < 1.29 is 17.9 Å². The molecule has 0 atom stereocenters. The lowest BCUT2D eigenvalue weighted by Gasteiger charge is -2.18. The zero-order valence-corrected chi connectivity index (χ0v) is 17.5. The lowest BCUT2D eigenvalue weighted by atomic mass is 10.2. The highest BCUT2D eigenvalue weighted by atomic mass is 35.5. The number of carbonyl (C=O) groups excluding carboxylic acids is 1. The number of nitrogens with zero attached hydrogens (tertiary/aromatic N) is 1. The van der Waals surface area contributed by atoms with Crippen molar-refractivity contribution in [2.75, 3.05) is 25.5 Å². The third-order valence-corrected chi connectivity index (χ3v) is 6.32. The lowest BCUT2D eigenvalue weighted by molar-refractivity contribution is -0.116. The lowest BCUT2D eigenvalue weighted by Crippen LogP contribution is -2.35. The molecule has 0 bridgehead atoms. The quantitative estimate of drug-likeness (QED) is 0.720. The average Bonchev–Trinajstić information content (AvgIpc) is 2.60. The second-order valence-electron chi connectivity index (χ2n) is 5.75. The third kappa shape index (κ3) is 5.13. The maximum atomic E-state index is 12.7. The van der Waals surface area contributed by atoms with E-state index in [-0.39, 0.29) is 16.5 Å². The molecule has 27 heavy (non-hydrogen) atoms. The van der Waals surface area contributed by atoms with Crippen molar-refractivity contribution in [3.63, 3.8) is 0 Å². The van der Waals surface area contributed by atoms with Gasteiger partial charge in [-0.25, -0.2) is 8.42 Å². The Balaban J connectivity index is 2.13. The number of carbonyl (C=O) groups is 1. The van der Waals surface area contributed by atoms with Crippen molar-refractivity contribution >= 4 is 44.8 Å². The van der Waals surface area contributed by atoms with E-state index in [9.17, 15) is 13.2 Å². The summed E-state index contributed by atoms with van der Waals surface area (Å²) in [5.41, 5.74) is 1.23. The molecule has 0 fully saturated rings. The Bertz CT molecular complexity index is 948. The number of ether oxygens (including phenoxy) is 1. The molecule has 0 heterocycles. The summed E-state index contributed by atoms with van der Waals surface area (Å²) in [6.45, 7) is 3.61. The van der Waals surface area contributed by atoms with Gasteiger partial charge >= 0.3 is 0 Å². The van der Waals surface area contributed by atoms with E-state index in [2.05, 4.69) is 5.32 Å². The van der Waals surface area contributed by atoms with Crippen LogP contribution < -0.4 is 10.1 Å². The third-order valence-electron chi connectivity index (χ3n) is 3.82. The fourth-order valence-corrected chi connectivity index (χ4v) is 3.94. The van der Waals surface area contributed by atoms with Crippen LogP contribution in [0.25, 0.3) is 0 Å². The van der Waals surface area contributed by atoms with Crippen LogP contribution in [0.15, 0.2) is 41.3 Å². The van der Waals surface area contributed by atoms with Crippen LogP contribution in [-0.2, 0) is 14.8 Å². The topological polar surface area (TPSA) is 75.7 Å². The van der Waals surface area contributed by atoms with E-state index in [0.717, 1.165) is 4.31 Å². The van der Waals surface area contributed by atoms with Gasteiger partial charge in [-0.05, 0) is 49.7 Å². The van der Waals surface area contributed by atoms with Gasteiger partial charge in [0.15, 0.2) is 0 Å². The van der Waals surface area contributed by atoms with Crippen molar-refractivity contribution in [3.8, 4) is 5.75 Å². The molecule has 0 saturated carbocycles. The number of hydrogen-bond acceptors (Lipinski definition) is 4. The smallest absolute Gasteiger partial charge is 0.243 e. The number of nitrogens with one attached hydrogen (secondary N) is 1. The van der Waals surface area contributed by atoms with Crippen LogP contribution in [0.1, 0.15) is 12.5 Å². The van der Waals surface area contributed by atoms with Crippen LogP contribution in [0.2, 0.25) is 10.0 Å². The van der Waals surface area contributed by atoms with Crippen LogP contribution in [0.4, 0.5) is 5.69 Å². The van der Waals surface area contributed by atoms with Crippen LogP contribution in [-0.4, -0.2) is 38.8 Å². The standard InChI is InChI=1S/C18H20Cl2N2O4S/c1-4-26-17-9-8-13(10-15(17)20)27(24,25)22(3)11-18(23)21-16-7-5-6-14(19)12(16)2/h5-10H,4,11H2,1-3H3,(H,21,23). The Morgan fingerprint density at radius 1 is 1.19 bits per heavy atom. The number of likely N-dealkylation sites (N-methyl/N-ethyl adjacent to an activating group) is 1. The Morgan fingerprint density at radius 2 is 1.89 bits per heavy atom. The molecule has 0 aliphatic carbocycles. The summed E-state index contributed by atoms with van der Waals surface area (Å²) in [5, 5.41) is 3.36. The summed E-state index contributed by atoms with van der Waals surface area (Å²) in [7, 11) is -2.57. The molecule has 2 rings (SSSR count). The van der Waals surface area contributed by atoms with Gasteiger partial charge in [0.1, 0.15) is 5.75 Å². The van der Waals surface area contributed by atoms with Crippen molar-refractivity contribution in [2.24, 2.45) is 0 Å². The number of anilines is 1. The summed E-state index contributed by atoms with van der Waals surface area (Å²) >= 11 is 12.1. The van der Waals surface area contributed by atoms with Crippen molar-refractivity contribution in [1.29, 1.82) is 0 Å². The molecule has 0 spiro atoms. The van der Waals surface area contributed by atoms with Gasteiger partial charge in [-0.1, -0.05) is 29.3 Å². The van der Waals surface area contributed by atoms with E-state index in [1.807, 2.05) is 0 Å². The van der Waals surface area contributed by atoms with Gasteiger partial charge in [0, 0.05) is 17.8 Å². The van der Waals surface area contributed by atoms with Crippen molar-refractivity contribution in [3.05, 3.63) is 52.0 Å². The van der Waals surface area contributed by atoms with Crippen molar-refractivity contribution in [2.45, 2.75) is 18.7 Å². The average molecular weight is 431 g/mol. The predicted molar refractivity (Wildman–Crippen MR) is 107 cm³/mol. The molecule has 0 radical (unpaired) electrons. The fourth-order valence-electron chi connectivity index (χ4n) is 2.31. The number of hydrogen-bond donors (Lipinski definition) is 1. The number of halogens is 2. The van der Waals surface area contributed by atoms with Gasteiger partial charge in [0.2, 0.25) is 15.9 Å². The minimum absolute atomic E-state index is 0.0230. The fraction of sp³-hybridized carbons (Fsp3) is 0.278. The SMILES string of the molecule is CCOc1ccc(S(=O)(=O)N(C)CC(=O)Nc2cccc(Cl)c2C)cc1Cl. The van der Waals surface area contributed by atoms with Gasteiger partial charge in [-0.2, -0.15) is 4.31 Å². The van der Waals surface area contributed by atoms with E-state index in [0.29, 0.717) is 28.6 Å². The Kier molecular flexibility index (Phi) is 7.11. The zero-order valence-electron chi connectivity index (χ0n) is 15.1. The monoisotopic (exact) mass is 430 g/mol. The van der Waals surface area contributed by atoms with Crippen LogP contribution >= 0.6 is 23.2 Å². The van der Waals surface area contributed by atoms with Gasteiger partial charge < -0.3 is 10.1 Å². The Labute approximate surface area is 169 Å². The second-order valence-corrected chi connectivity index (χ2v) is 8.61. The molecule has 0 aromatic heterocycles. The van der Waals surface area contributed by atoms with Crippen LogP contribution in [0.3, 0.4) is 0 Å². The molecular formula is C18H20Cl2N2O4S. The maximum Gasteiger partial charge on any atom is 0.243 e. The molecule has 0 saturated heterocycles. The first kappa shape index (κ1) is 21.5. The molecule has 0 unspecified atom stereocenters. The highest BCUT2D eigenvalue weighted by Crippen LogP contribution is 2.28. The number of sulfonamides is 1. The Hall–Kier alpha value is -1.80. The normalized spacial score (nSPS) is 11.5. The van der Waals surface area contributed by atoms with Gasteiger partial charge in [-0.15, -0.1) is 0 Å². The first-order valence-electron chi connectivity index (χ1n) is 8.10. The van der Waals surface area contributed by atoms with E-state index >= 15 is 0 Å². The number of amides is 1. The summed E-state index contributed by atoms with van der Waals surface area (Å²) in [6.07, 6.45) is 0. The van der Waals surface area contributed by atoms with Gasteiger partial charge in [-0.3, -0.25) is 4.79 Å². The zero-order chi connectivity index (χ0) is 20.2. The molecule has 146 valence electrons. The highest BCUT2D eigenvalue weighted by molar-refractivity contribution is 7.89. The van der Waals surface area contributed by atoms with Gasteiger partial charge in [0.05, 0.1) is 23.1 Å². The van der Waals surface area contributed by atoms with E-state index in [1.165, 1.54) is 25.2 Å². The highest BCUT2D eigenvalue weighted by Gasteiger charge is 2.24. The van der Waals surface area contributed by atoms with Crippen LogP contribution in [0.5, 0.6) is 5.75 Å². The molecule has 1 N–H and O–H groups in total. The molecule has 2 aromatic rings. The molecule has 0 aliphatic rings. The first-order chi connectivity index (χ1) is 12.7. The minimum atomic E-state index is -3.89. The largest absolute Gasteiger partial charge is 0.492 e. The van der Waals surface area contributed by atoms with E-state index < -0.39 is 15.9 Å². The van der Waals surface area contributed by atoms with Crippen LogP contribution in [0, 0.1) is 6.92 Å². The summed E-state index contributed by atoms with van der Waals surface area (Å²) in [4.78, 5) is 12.2. The molecule has 6 nitrogen and oxygen atoms in total. The Morgan fingerprint density at radius 3 is 2.52 bits per heavy atom. The molecule has 2 aromatic carbocycles. The molecule has 0 aliphatic heterocycles. The minimum Gasteiger partial charge on any atom is -0.492 e. The summed E-state index contributed by atoms with van der Waals surface area (Å²) < 4.78 is 31.6. The molecular weight excluding hydrogens is 411 g/mol. The number of benzene rings is 2. The molecule has 9 heteroatoms. The van der Waals surface area contributed by atoms with Gasteiger partial charge in [0.25, 0.3) is 0 Å². The predicted octanol–water partition coefficient (Wildman–Crippen LogP) is 3.96. The second kappa shape index (κ2) is 8.93. The van der Waals surface area contributed by atoms with Crippen molar-refractivity contribution in [1.82, 2.24) is 4.31 Å². The first-order valence-corrected chi connectivity index (χ1v) is 10.3.